The van der Waals surface area contributed by atoms with Gasteiger partial charge in [0, 0.05) is 24.2 Å². The lowest BCUT2D eigenvalue weighted by Crippen LogP contribution is -2.30. The van der Waals surface area contributed by atoms with Gasteiger partial charge >= 0.3 is 0 Å². The standard InChI is InChI=1S/C22H23N5O4S2/c1-4-27(5-2)33(28,29)18-8-6-7-17(13-18)21-25-26-22(31-21)32-14-19-23-24-20(30-19)16-11-9-15(3)10-12-16/h6-13H,4-5,14H2,1-3H3. The molecular weight excluding hydrogens is 462 g/mol. The second kappa shape index (κ2) is 9.86. The van der Waals surface area contributed by atoms with Crippen molar-refractivity contribution in [3.63, 3.8) is 0 Å². The molecule has 0 atom stereocenters. The van der Waals surface area contributed by atoms with Crippen LogP contribution in [0.2, 0.25) is 0 Å². The van der Waals surface area contributed by atoms with Gasteiger partial charge in [-0.3, -0.25) is 0 Å². The molecular formula is C22H23N5O4S2. The molecule has 0 aliphatic carbocycles. The molecule has 2 heterocycles. The highest BCUT2D eigenvalue weighted by molar-refractivity contribution is 7.98. The number of aryl methyl sites for hydroxylation is 1. The Kier molecular flexibility index (Phi) is 6.91. The first-order valence-corrected chi connectivity index (χ1v) is 12.8. The molecule has 0 saturated heterocycles. The lowest BCUT2D eigenvalue weighted by Gasteiger charge is -2.18. The van der Waals surface area contributed by atoms with E-state index in [1.165, 1.54) is 16.1 Å². The molecule has 9 nitrogen and oxygen atoms in total. The summed E-state index contributed by atoms with van der Waals surface area (Å²) in [6, 6.07) is 14.3. The summed E-state index contributed by atoms with van der Waals surface area (Å²) in [5, 5.41) is 16.6. The third-order valence-electron chi connectivity index (χ3n) is 4.92. The predicted octanol–water partition coefficient (Wildman–Crippen LogP) is 4.42. The summed E-state index contributed by atoms with van der Waals surface area (Å²) in [6.07, 6.45) is 0. The van der Waals surface area contributed by atoms with Crippen LogP contribution in [0.1, 0.15) is 25.3 Å². The van der Waals surface area contributed by atoms with E-state index in [-0.39, 0.29) is 10.8 Å². The third kappa shape index (κ3) is 5.15. The van der Waals surface area contributed by atoms with Crippen LogP contribution in [0.3, 0.4) is 0 Å². The highest BCUT2D eigenvalue weighted by atomic mass is 32.2. The van der Waals surface area contributed by atoms with Gasteiger partial charge in [0.2, 0.25) is 27.7 Å². The van der Waals surface area contributed by atoms with Crippen molar-refractivity contribution in [3.05, 3.63) is 60.0 Å². The highest BCUT2D eigenvalue weighted by Gasteiger charge is 2.22. The zero-order valence-electron chi connectivity index (χ0n) is 18.4. The zero-order chi connectivity index (χ0) is 23.4. The fourth-order valence-electron chi connectivity index (χ4n) is 3.14. The number of thioether (sulfide) groups is 1. The van der Waals surface area contributed by atoms with Crippen molar-refractivity contribution in [1.82, 2.24) is 24.7 Å². The van der Waals surface area contributed by atoms with E-state index in [0.29, 0.717) is 41.4 Å². The van der Waals surface area contributed by atoms with E-state index < -0.39 is 10.0 Å². The van der Waals surface area contributed by atoms with Gasteiger partial charge in [-0.15, -0.1) is 20.4 Å². The van der Waals surface area contributed by atoms with Gasteiger partial charge in [0.1, 0.15) is 0 Å². The minimum absolute atomic E-state index is 0.186. The van der Waals surface area contributed by atoms with E-state index in [0.717, 1.165) is 11.1 Å². The first kappa shape index (κ1) is 23.1. The maximum absolute atomic E-state index is 12.8. The van der Waals surface area contributed by atoms with Crippen LogP contribution in [0, 0.1) is 6.92 Å². The van der Waals surface area contributed by atoms with Crippen LogP contribution >= 0.6 is 11.8 Å². The van der Waals surface area contributed by atoms with E-state index in [2.05, 4.69) is 20.4 Å². The Labute approximate surface area is 196 Å². The summed E-state index contributed by atoms with van der Waals surface area (Å²) < 4.78 is 38.4. The molecule has 0 N–H and O–H groups in total. The SMILES string of the molecule is CCN(CC)S(=O)(=O)c1cccc(-c2nnc(SCc3nnc(-c4ccc(C)cc4)o3)o2)c1. The Morgan fingerprint density at radius 1 is 0.879 bits per heavy atom. The van der Waals surface area contributed by atoms with Crippen molar-refractivity contribution < 1.29 is 17.3 Å². The minimum atomic E-state index is -3.58. The van der Waals surface area contributed by atoms with Crippen molar-refractivity contribution in [3.8, 4) is 22.9 Å². The van der Waals surface area contributed by atoms with Crippen LogP contribution < -0.4 is 0 Å². The summed E-state index contributed by atoms with van der Waals surface area (Å²) in [5.74, 6) is 1.47. The van der Waals surface area contributed by atoms with Crippen LogP contribution in [0.15, 0.2) is 67.5 Å². The van der Waals surface area contributed by atoms with Crippen molar-refractivity contribution in [2.45, 2.75) is 36.6 Å². The van der Waals surface area contributed by atoms with Gasteiger partial charge in [0.15, 0.2) is 0 Å². The number of hydrogen-bond donors (Lipinski definition) is 0. The van der Waals surface area contributed by atoms with Gasteiger partial charge in [-0.1, -0.05) is 49.4 Å². The molecule has 11 heteroatoms. The molecule has 2 aromatic carbocycles. The molecule has 0 aliphatic heterocycles. The largest absolute Gasteiger partial charge is 0.420 e. The zero-order valence-corrected chi connectivity index (χ0v) is 20.1. The number of benzene rings is 2. The number of rotatable bonds is 9. The highest BCUT2D eigenvalue weighted by Crippen LogP contribution is 2.28. The summed E-state index contributed by atoms with van der Waals surface area (Å²) in [4.78, 5) is 0.186. The van der Waals surface area contributed by atoms with Crippen LogP contribution in [0.5, 0.6) is 0 Å². The van der Waals surface area contributed by atoms with Gasteiger partial charge in [-0.25, -0.2) is 8.42 Å². The van der Waals surface area contributed by atoms with Crippen LogP contribution in [-0.2, 0) is 15.8 Å². The first-order chi connectivity index (χ1) is 15.9. The van der Waals surface area contributed by atoms with E-state index >= 15 is 0 Å². The normalized spacial score (nSPS) is 11.9. The molecule has 0 radical (unpaired) electrons. The predicted molar refractivity (Wildman–Crippen MR) is 124 cm³/mol. The molecule has 0 unspecified atom stereocenters. The van der Waals surface area contributed by atoms with Gasteiger partial charge in [0.25, 0.3) is 5.22 Å². The van der Waals surface area contributed by atoms with E-state index in [9.17, 15) is 8.42 Å². The maximum Gasteiger partial charge on any atom is 0.277 e. The molecule has 0 aliphatic rings. The molecule has 0 spiro atoms. The molecule has 0 fully saturated rings. The van der Waals surface area contributed by atoms with Crippen molar-refractivity contribution in [2.75, 3.05) is 13.1 Å². The second-order valence-electron chi connectivity index (χ2n) is 7.15. The number of aromatic nitrogens is 4. The lowest BCUT2D eigenvalue weighted by molar-refractivity contribution is 0.445. The van der Waals surface area contributed by atoms with Crippen molar-refractivity contribution in [2.24, 2.45) is 0 Å². The Bertz CT molecular complexity index is 1330. The molecule has 4 rings (SSSR count). The van der Waals surface area contributed by atoms with Gasteiger partial charge in [0.05, 0.1) is 10.6 Å². The quantitative estimate of drug-likeness (QED) is 0.318. The topological polar surface area (TPSA) is 115 Å². The lowest BCUT2D eigenvalue weighted by atomic mass is 10.1. The molecule has 0 amide bonds. The van der Waals surface area contributed by atoms with Crippen molar-refractivity contribution in [1.29, 1.82) is 0 Å². The van der Waals surface area contributed by atoms with Crippen LogP contribution in [0.4, 0.5) is 0 Å². The molecule has 0 bridgehead atoms. The third-order valence-corrected chi connectivity index (χ3v) is 7.76. The van der Waals surface area contributed by atoms with Crippen molar-refractivity contribution >= 4 is 21.8 Å². The maximum atomic E-state index is 12.8. The van der Waals surface area contributed by atoms with E-state index in [4.69, 9.17) is 8.83 Å². The van der Waals surface area contributed by atoms with E-state index in [1.807, 2.05) is 31.2 Å². The summed E-state index contributed by atoms with van der Waals surface area (Å²) in [7, 11) is -3.58. The molecule has 0 saturated carbocycles. The molecule has 33 heavy (non-hydrogen) atoms. The second-order valence-corrected chi connectivity index (χ2v) is 10.0. The molecule has 2 aromatic heterocycles. The van der Waals surface area contributed by atoms with Gasteiger partial charge in [-0.05, 0) is 37.3 Å². The molecule has 4 aromatic rings. The average Bonchev–Trinajstić information content (AvgIpc) is 3.49. The number of nitrogens with zero attached hydrogens (tertiary/aromatic N) is 5. The first-order valence-electron chi connectivity index (χ1n) is 10.4. The van der Waals surface area contributed by atoms with E-state index in [1.54, 1.807) is 38.1 Å². The molecule has 172 valence electrons. The minimum Gasteiger partial charge on any atom is -0.420 e. The Morgan fingerprint density at radius 3 is 2.30 bits per heavy atom. The van der Waals surface area contributed by atoms with Crippen LogP contribution in [0.25, 0.3) is 22.9 Å². The summed E-state index contributed by atoms with van der Waals surface area (Å²) >= 11 is 1.26. The number of sulfonamides is 1. The monoisotopic (exact) mass is 485 g/mol. The number of hydrogen-bond acceptors (Lipinski definition) is 9. The smallest absolute Gasteiger partial charge is 0.277 e. The van der Waals surface area contributed by atoms with Gasteiger partial charge < -0.3 is 8.83 Å². The Balaban J connectivity index is 1.45. The average molecular weight is 486 g/mol. The summed E-state index contributed by atoms with van der Waals surface area (Å²) in [6.45, 7) is 6.41. The van der Waals surface area contributed by atoms with Gasteiger partial charge in [-0.2, -0.15) is 4.31 Å². The Hall–Kier alpha value is -3.02. The van der Waals surface area contributed by atoms with Crippen LogP contribution in [-0.4, -0.2) is 46.2 Å². The Morgan fingerprint density at radius 2 is 1.58 bits per heavy atom. The summed E-state index contributed by atoms with van der Waals surface area (Å²) in [5.41, 5.74) is 2.53. The fraction of sp³-hybridized carbons (Fsp3) is 0.273. The fourth-order valence-corrected chi connectivity index (χ4v) is 5.24.